The molecule has 0 saturated carbocycles. The van der Waals surface area contributed by atoms with Crippen LogP contribution in [0.1, 0.15) is 27.2 Å². The smallest absolute Gasteiger partial charge is 0.109 e. The van der Waals surface area contributed by atoms with Gasteiger partial charge in [-0.2, -0.15) is 12.2 Å². The minimum absolute atomic E-state index is 0. The van der Waals surface area contributed by atoms with E-state index in [1.165, 1.54) is 11.1 Å². The molecule has 4 heteroatoms. The van der Waals surface area contributed by atoms with Crippen molar-refractivity contribution in [2.24, 2.45) is 5.92 Å². The van der Waals surface area contributed by atoms with Gasteiger partial charge in [-0.15, -0.1) is 13.3 Å². The maximum atomic E-state index is 3.29. The molecule has 0 fully saturated rings. The Kier molecular flexibility index (Phi) is 19.2. The average molecular weight is 349 g/mol. The van der Waals surface area contributed by atoms with Crippen molar-refractivity contribution in [1.29, 1.82) is 0 Å². The van der Waals surface area contributed by atoms with Gasteiger partial charge in [0, 0.05) is 0 Å². The van der Waals surface area contributed by atoms with Crippen molar-refractivity contribution >= 4 is 6.19 Å². The third-order valence-electron chi connectivity index (χ3n) is 2.12. The van der Waals surface area contributed by atoms with E-state index in [9.17, 15) is 0 Å². The van der Waals surface area contributed by atoms with Crippen LogP contribution in [-0.4, -0.2) is 6.19 Å². The van der Waals surface area contributed by atoms with Crippen LogP contribution in [0.3, 0.4) is 0 Å². The number of rotatable bonds is 0. The first-order chi connectivity index (χ1) is 7.93. The second-order valence-corrected chi connectivity index (χ2v) is 11.1. The van der Waals surface area contributed by atoms with Crippen LogP contribution in [-0.2, 0) is 19.2 Å². The van der Waals surface area contributed by atoms with E-state index in [-0.39, 0.29) is 31.0 Å². The molecule has 0 nitrogen and oxygen atoms in total. The molecule has 0 spiro atoms. The van der Waals surface area contributed by atoms with Gasteiger partial charge in [0.15, 0.2) is 0 Å². The zero-order valence-corrected chi connectivity index (χ0v) is 16.4. The van der Waals surface area contributed by atoms with Gasteiger partial charge in [0.2, 0.25) is 0 Å². The predicted octanol–water partition coefficient (Wildman–Crippen LogP) is -1.57. The summed E-state index contributed by atoms with van der Waals surface area (Å²) in [5.41, 5.74) is 2.70. The number of hydrogen-bond donors (Lipinski definition) is 0. The summed E-state index contributed by atoms with van der Waals surface area (Å²) in [6.45, 7) is 10.9. The number of halogens is 2. The summed E-state index contributed by atoms with van der Waals surface area (Å²) in [7, 11) is 0. The van der Waals surface area contributed by atoms with E-state index in [4.69, 9.17) is 0 Å². The Bertz CT molecular complexity index is 336. The van der Waals surface area contributed by atoms with Gasteiger partial charge in [-0.3, -0.25) is 12.2 Å². The van der Waals surface area contributed by atoms with E-state index in [1.54, 1.807) is 0 Å². The topological polar surface area (TPSA) is 0 Å². The van der Waals surface area contributed by atoms with Crippen LogP contribution in [0, 0.1) is 18.1 Å². The van der Waals surface area contributed by atoms with Crippen molar-refractivity contribution in [3.8, 4) is 0 Å². The maximum absolute atomic E-state index is 3.29. The van der Waals surface area contributed by atoms with E-state index in [0.29, 0.717) is 5.92 Å². The van der Waals surface area contributed by atoms with E-state index in [2.05, 4.69) is 77.3 Å². The summed E-state index contributed by atoms with van der Waals surface area (Å²) in [6.07, 6.45) is 15.6. The van der Waals surface area contributed by atoms with Crippen LogP contribution in [0.25, 0.3) is 0 Å². The summed E-state index contributed by atoms with van der Waals surface area (Å²) >= 11 is 2.27. The van der Waals surface area contributed by atoms with Gasteiger partial charge in [-0.05, 0) is 0 Å². The zero-order chi connectivity index (χ0) is 13.3. The van der Waals surface area contributed by atoms with Crippen LogP contribution in [0.2, 0.25) is 13.1 Å². The molecule has 19 heavy (non-hydrogen) atoms. The van der Waals surface area contributed by atoms with Crippen LogP contribution in [0.15, 0.2) is 35.5 Å². The molecular formula is C15H22Cl2SiTi-2. The Hall–Kier alpha value is 0.471. The molecule has 0 N–H and O–H groups in total. The van der Waals surface area contributed by atoms with E-state index in [1.807, 2.05) is 12.2 Å². The van der Waals surface area contributed by atoms with E-state index in [0.717, 1.165) is 6.42 Å². The van der Waals surface area contributed by atoms with Gasteiger partial charge in [0.1, 0.15) is 0 Å². The summed E-state index contributed by atoms with van der Waals surface area (Å²) in [5, 5.41) is 0. The molecule has 0 aliphatic heterocycles. The Morgan fingerprint density at radius 2 is 1.79 bits per heavy atom. The average Bonchev–Trinajstić information content (AvgIpc) is 2.80. The molecule has 0 aromatic carbocycles. The molecule has 2 aliphatic carbocycles. The molecule has 106 valence electrons. The second kappa shape index (κ2) is 14.9. The zero-order valence-electron chi connectivity index (χ0n) is 12.3. The molecule has 0 bridgehead atoms. The normalized spacial score (nSPS) is 17.7. The number of allylic oxidation sites excluding steroid dienone is 8. The molecule has 0 saturated heterocycles. The van der Waals surface area contributed by atoms with Crippen molar-refractivity contribution in [2.45, 2.75) is 40.3 Å². The first-order valence-electron chi connectivity index (χ1n) is 5.96. The number of hydrogen-bond acceptors (Lipinski definition) is 0. The van der Waals surface area contributed by atoms with Gasteiger partial charge in [-0.1, -0.05) is 19.8 Å². The van der Waals surface area contributed by atoms with Crippen molar-refractivity contribution in [3.05, 3.63) is 47.6 Å². The van der Waals surface area contributed by atoms with Crippen molar-refractivity contribution in [3.63, 3.8) is 0 Å². The third kappa shape index (κ3) is 16.4. The Labute approximate surface area is 143 Å². The first-order valence-corrected chi connectivity index (χ1v) is 10.8. The molecule has 0 aromatic rings. The Morgan fingerprint density at radius 3 is 1.89 bits per heavy atom. The molecular weight excluding hydrogens is 327 g/mol. The van der Waals surface area contributed by atoms with Gasteiger partial charge in [0.05, 0.1) is 0 Å². The molecule has 1 atom stereocenters. The largest absolute Gasteiger partial charge is 1.00 e. The SMILES string of the molecule is CC1=[C-]C(C)C=C1C.C[Si](C)=[Ti+2].[C-]1=CC=CC1.[Cl-].[Cl-]. The van der Waals surface area contributed by atoms with Crippen LogP contribution < -0.4 is 24.8 Å². The van der Waals surface area contributed by atoms with Crippen molar-refractivity contribution < 1.29 is 44.0 Å². The molecule has 2 aliphatic rings. The van der Waals surface area contributed by atoms with Crippen molar-refractivity contribution in [1.82, 2.24) is 0 Å². The fraction of sp³-hybridized carbons (Fsp3) is 0.467. The Balaban J connectivity index is -0.000000206. The fourth-order valence-electron chi connectivity index (χ4n) is 1.34. The van der Waals surface area contributed by atoms with Gasteiger partial charge < -0.3 is 24.8 Å². The molecule has 2 rings (SSSR count). The van der Waals surface area contributed by atoms with Crippen LogP contribution in [0.4, 0.5) is 0 Å². The second-order valence-electron chi connectivity index (χ2n) is 4.41. The summed E-state index contributed by atoms with van der Waals surface area (Å²) in [6, 6.07) is 0. The maximum Gasteiger partial charge on any atom is -0.109 e. The molecule has 0 amide bonds. The van der Waals surface area contributed by atoms with E-state index < -0.39 is 0 Å². The summed E-state index contributed by atoms with van der Waals surface area (Å²) in [4.78, 5) is 0. The van der Waals surface area contributed by atoms with Crippen LogP contribution in [0.5, 0.6) is 0 Å². The van der Waals surface area contributed by atoms with Crippen LogP contribution >= 0.6 is 0 Å². The van der Waals surface area contributed by atoms with Gasteiger partial charge >= 0.3 is 38.5 Å². The fourth-order valence-corrected chi connectivity index (χ4v) is 1.34. The molecule has 0 radical (unpaired) electrons. The standard InChI is InChI=1S/C8H11.C5H5.C2H6Si.2ClH.Ti/c1-6-4-7(2)8(3)5-6;1-2-4-5-3-1;1-3-2;;;/h4,6H,1-3H3;1-3H,4H2;1-2H3;2*1H;/q2*-1;;;;+2/p-2. The summed E-state index contributed by atoms with van der Waals surface area (Å²) < 4.78 is 0. The minimum Gasteiger partial charge on any atom is -1.00 e. The first kappa shape index (κ1) is 24.5. The third-order valence-corrected chi connectivity index (χ3v) is 2.12. The monoisotopic (exact) mass is 348 g/mol. The van der Waals surface area contributed by atoms with Crippen molar-refractivity contribution in [2.75, 3.05) is 0 Å². The Morgan fingerprint density at radius 1 is 1.26 bits per heavy atom. The molecule has 0 heterocycles. The quantitative estimate of drug-likeness (QED) is 0.366. The predicted molar refractivity (Wildman–Crippen MR) is 74.4 cm³/mol. The van der Waals surface area contributed by atoms with Gasteiger partial charge in [-0.25, -0.2) is 23.3 Å². The van der Waals surface area contributed by atoms with Gasteiger partial charge in [0.25, 0.3) is 0 Å². The molecule has 1 unspecified atom stereocenters. The summed E-state index contributed by atoms with van der Waals surface area (Å²) in [5.74, 6) is 0.551. The molecule has 0 aromatic heterocycles. The van der Waals surface area contributed by atoms with E-state index >= 15 is 0 Å². The minimum atomic E-state index is 0.